The van der Waals surface area contributed by atoms with E-state index in [2.05, 4.69) is 5.32 Å². The van der Waals surface area contributed by atoms with Gasteiger partial charge in [0.2, 0.25) is 0 Å². The Hall–Kier alpha value is -2.04. The molecule has 5 heteroatoms. The first kappa shape index (κ1) is 14.4. The molecule has 2 N–H and O–H groups in total. The number of benzene rings is 1. The highest BCUT2D eigenvalue weighted by Crippen LogP contribution is 2.24. The molecule has 1 aliphatic heterocycles. The van der Waals surface area contributed by atoms with E-state index in [4.69, 9.17) is 5.11 Å². The van der Waals surface area contributed by atoms with Crippen LogP contribution < -0.4 is 5.32 Å². The first-order valence-electron chi connectivity index (χ1n) is 6.74. The number of amides is 2. The van der Waals surface area contributed by atoms with Gasteiger partial charge in [0.05, 0.1) is 5.92 Å². The second-order valence-corrected chi connectivity index (χ2v) is 5.63. The Balaban J connectivity index is 2.04. The Morgan fingerprint density at radius 1 is 1.20 bits per heavy atom. The smallest absolute Gasteiger partial charge is 0.321 e. The van der Waals surface area contributed by atoms with E-state index in [1.54, 1.807) is 4.90 Å². The molecule has 0 bridgehead atoms. The molecule has 20 heavy (non-hydrogen) atoms. The number of urea groups is 1. The van der Waals surface area contributed by atoms with Crippen LogP contribution in [-0.4, -0.2) is 35.1 Å². The van der Waals surface area contributed by atoms with Gasteiger partial charge < -0.3 is 15.3 Å². The van der Waals surface area contributed by atoms with Crippen molar-refractivity contribution in [2.24, 2.45) is 11.8 Å². The van der Waals surface area contributed by atoms with E-state index >= 15 is 0 Å². The minimum atomic E-state index is -0.834. The highest BCUT2D eigenvalue weighted by Gasteiger charge is 2.36. The molecule has 1 aromatic carbocycles. The molecular formula is C15H20N2O3. The number of aryl methyl sites for hydroxylation is 2. The van der Waals surface area contributed by atoms with Crippen molar-refractivity contribution < 1.29 is 14.7 Å². The molecular weight excluding hydrogens is 256 g/mol. The Morgan fingerprint density at radius 3 is 2.30 bits per heavy atom. The van der Waals surface area contributed by atoms with E-state index < -0.39 is 11.9 Å². The van der Waals surface area contributed by atoms with Crippen molar-refractivity contribution in [3.8, 4) is 0 Å². The van der Waals surface area contributed by atoms with Crippen molar-refractivity contribution in [2.45, 2.75) is 20.8 Å². The molecule has 1 fully saturated rings. The average molecular weight is 276 g/mol. The van der Waals surface area contributed by atoms with Crippen molar-refractivity contribution in [1.82, 2.24) is 4.90 Å². The van der Waals surface area contributed by atoms with Gasteiger partial charge in [0.1, 0.15) is 0 Å². The summed E-state index contributed by atoms with van der Waals surface area (Å²) in [5, 5.41) is 11.9. The molecule has 2 amide bonds. The van der Waals surface area contributed by atoms with Crippen LogP contribution in [0.1, 0.15) is 18.1 Å². The SMILES string of the molecule is Cc1cc(C)cc(NC(=O)N2C[C@@H](C)[C@H](C(=O)O)C2)c1. The summed E-state index contributed by atoms with van der Waals surface area (Å²) >= 11 is 0. The lowest BCUT2D eigenvalue weighted by atomic mass is 9.99. The van der Waals surface area contributed by atoms with Crippen molar-refractivity contribution in [2.75, 3.05) is 18.4 Å². The Labute approximate surface area is 118 Å². The van der Waals surface area contributed by atoms with Gasteiger partial charge >= 0.3 is 12.0 Å². The first-order chi connectivity index (χ1) is 9.36. The predicted octanol–water partition coefficient (Wildman–Crippen LogP) is 2.49. The number of aliphatic carboxylic acids is 1. The summed E-state index contributed by atoms with van der Waals surface area (Å²) in [6.07, 6.45) is 0. The molecule has 0 unspecified atom stereocenters. The van der Waals surface area contributed by atoms with Crippen molar-refractivity contribution in [3.63, 3.8) is 0 Å². The molecule has 1 aromatic rings. The number of carboxylic acid groups (broad SMARTS) is 1. The van der Waals surface area contributed by atoms with Gasteiger partial charge in [-0.1, -0.05) is 13.0 Å². The van der Waals surface area contributed by atoms with Crippen LogP contribution in [0.4, 0.5) is 10.5 Å². The summed E-state index contributed by atoms with van der Waals surface area (Å²) in [7, 11) is 0. The summed E-state index contributed by atoms with van der Waals surface area (Å²) in [5.41, 5.74) is 2.91. The molecule has 0 radical (unpaired) electrons. The fourth-order valence-electron chi connectivity index (χ4n) is 2.70. The minimum Gasteiger partial charge on any atom is -0.481 e. The fraction of sp³-hybridized carbons (Fsp3) is 0.467. The van der Waals surface area contributed by atoms with Gasteiger partial charge in [0, 0.05) is 18.8 Å². The fourth-order valence-corrected chi connectivity index (χ4v) is 2.70. The Morgan fingerprint density at radius 2 is 1.80 bits per heavy atom. The third kappa shape index (κ3) is 3.10. The quantitative estimate of drug-likeness (QED) is 0.872. The number of carbonyl (C=O) groups is 2. The lowest BCUT2D eigenvalue weighted by molar-refractivity contribution is -0.142. The van der Waals surface area contributed by atoms with Crippen LogP contribution >= 0.6 is 0 Å². The second kappa shape index (κ2) is 5.53. The third-order valence-corrected chi connectivity index (χ3v) is 3.69. The molecule has 1 heterocycles. The normalized spacial score (nSPS) is 21.9. The topological polar surface area (TPSA) is 69.6 Å². The lowest BCUT2D eigenvalue weighted by Gasteiger charge is -2.17. The molecule has 1 aliphatic rings. The van der Waals surface area contributed by atoms with Crippen LogP contribution in [0.5, 0.6) is 0 Å². The van der Waals surface area contributed by atoms with Gasteiger partial charge in [-0.15, -0.1) is 0 Å². The number of likely N-dealkylation sites (tertiary alicyclic amines) is 1. The average Bonchev–Trinajstić information content (AvgIpc) is 2.70. The maximum absolute atomic E-state index is 12.2. The van der Waals surface area contributed by atoms with E-state index in [0.717, 1.165) is 16.8 Å². The molecule has 0 spiro atoms. The van der Waals surface area contributed by atoms with Gasteiger partial charge in [-0.25, -0.2) is 4.79 Å². The number of hydrogen-bond donors (Lipinski definition) is 2. The number of anilines is 1. The van der Waals surface area contributed by atoms with E-state index in [1.807, 2.05) is 39.0 Å². The maximum Gasteiger partial charge on any atom is 0.321 e. The summed E-state index contributed by atoms with van der Waals surface area (Å²) < 4.78 is 0. The summed E-state index contributed by atoms with van der Waals surface area (Å²) in [4.78, 5) is 24.8. The van der Waals surface area contributed by atoms with Gasteiger partial charge in [-0.3, -0.25) is 4.79 Å². The Kier molecular flexibility index (Phi) is 3.97. The molecule has 1 saturated heterocycles. The monoisotopic (exact) mass is 276 g/mol. The molecule has 0 saturated carbocycles. The number of nitrogens with one attached hydrogen (secondary N) is 1. The third-order valence-electron chi connectivity index (χ3n) is 3.69. The van der Waals surface area contributed by atoms with Gasteiger partial charge in [-0.05, 0) is 43.0 Å². The number of nitrogens with zero attached hydrogens (tertiary/aromatic N) is 1. The van der Waals surface area contributed by atoms with Crippen LogP contribution in [0.2, 0.25) is 0 Å². The number of hydrogen-bond acceptors (Lipinski definition) is 2. The number of carbonyl (C=O) groups excluding carboxylic acids is 1. The van der Waals surface area contributed by atoms with Gasteiger partial charge in [-0.2, -0.15) is 0 Å². The standard InChI is InChI=1S/C15H20N2O3/c1-9-4-10(2)6-12(5-9)16-15(20)17-7-11(3)13(8-17)14(18)19/h4-6,11,13H,7-8H2,1-3H3,(H,16,20)(H,18,19)/t11-,13-/m1/s1. The van der Waals surface area contributed by atoms with Gasteiger partial charge in [0.25, 0.3) is 0 Å². The van der Waals surface area contributed by atoms with Crippen LogP contribution in [0.3, 0.4) is 0 Å². The zero-order valence-corrected chi connectivity index (χ0v) is 12.0. The largest absolute Gasteiger partial charge is 0.481 e. The zero-order valence-electron chi connectivity index (χ0n) is 12.0. The van der Waals surface area contributed by atoms with E-state index in [0.29, 0.717) is 6.54 Å². The minimum absolute atomic E-state index is 0.0162. The molecule has 108 valence electrons. The van der Waals surface area contributed by atoms with Gasteiger partial charge in [0.15, 0.2) is 0 Å². The van der Waals surface area contributed by atoms with Crippen LogP contribution in [0.15, 0.2) is 18.2 Å². The second-order valence-electron chi connectivity index (χ2n) is 5.63. The van der Waals surface area contributed by atoms with Crippen molar-refractivity contribution in [1.29, 1.82) is 0 Å². The predicted molar refractivity (Wildman–Crippen MR) is 76.8 cm³/mol. The summed E-state index contributed by atoms with van der Waals surface area (Å²) in [5.74, 6) is -1.32. The lowest BCUT2D eigenvalue weighted by Crippen LogP contribution is -2.33. The maximum atomic E-state index is 12.2. The van der Waals surface area contributed by atoms with Crippen LogP contribution in [0.25, 0.3) is 0 Å². The van der Waals surface area contributed by atoms with E-state index in [-0.39, 0.29) is 18.5 Å². The molecule has 5 nitrogen and oxygen atoms in total. The number of rotatable bonds is 2. The van der Waals surface area contributed by atoms with Crippen LogP contribution in [0, 0.1) is 25.7 Å². The Bertz CT molecular complexity index is 522. The van der Waals surface area contributed by atoms with Crippen molar-refractivity contribution >= 4 is 17.7 Å². The highest BCUT2D eigenvalue weighted by molar-refractivity contribution is 5.90. The molecule has 2 atom stereocenters. The highest BCUT2D eigenvalue weighted by atomic mass is 16.4. The molecule has 0 aliphatic carbocycles. The van der Waals surface area contributed by atoms with Crippen molar-refractivity contribution in [3.05, 3.63) is 29.3 Å². The number of carboxylic acids is 1. The zero-order chi connectivity index (χ0) is 14.9. The molecule has 2 rings (SSSR count). The summed E-state index contributed by atoms with van der Waals surface area (Å²) in [6, 6.07) is 5.61. The van der Waals surface area contributed by atoms with Crippen LogP contribution in [-0.2, 0) is 4.79 Å². The molecule has 0 aromatic heterocycles. The first-order valence-corrected chi connectivity index (χ1v) is 6.74. The van der Waals surface area contributed by atoms with E-state index in [1.165, 1.54) is 0 Å². The summed E-state index contributed by atoms with van der Waals surface area (Å²) in [6.45, 7) is 6.56. The van der Waals surface area contributed by atoms with E-state index in [9.17, 15) is 9.59 Å².